The van der Waals surface area contributed by atoms with Crippen molar-refractivity contribution in [3.8, 4) is 10.6 Å². The smallest absolute Gasteiger partial charge is 0.144 e. The van der Waals surface area contributed by atoms with Gasteiger partial charge in [0, 0.05) is 0 Å². The first-order valence-electron chi connectivity index (χ1n) is 4.92. The van der Waals surface area contributed by atoms with Crippen LogP contribution in [0.15, 0.2) is 22.0 Å². The first kappa shape index (κ1) is 11.2. The van der Waals surface area contributed by atoms with E-state index in [1.54, 1.807) is 11.3 Å². The molecule has 0 aliphatic heterocycles. The van der Waals surface area contributed by atoms with Crippen LogP contribution in [0, 0.1) is 6.92 Å². The number of aromatic nitrogens is 3. The van der Waals surface area contributed by atoms with Crippen LogP contribution in [0.1, 0.15) is 5.82 Å². The van der Waals surface area contributed by atoms with Crippen molar-refractivity contribution >= 4 is 49.9 Å². The Balaban J connectivity index is 2.44. The van der Waals surface area contributed by atoms with Gasteiger partial charge >= 0.3 is 0 Å². The molecule has 0 aliphatic carbocycles. The maximum atomic E-state index is 6.07. The normalized spacial score (nSPS) is 11.2. The lowest BCUT2D eigenvalue weighted by Gasteiger charge is -2.01. The molecule has 0 amide bonds. The molecule has 3 heterocycles. The molecule has 0 spiro atoms. The molecule has 0 aliphatic rings. The molecule has 0 unspecified atom stereocenters. The Morgan fingerprint density at radius 1 is 1.41 bits per heavy atom. The lowest BCUT2D eigenvalue weighted by molar-refractivity contribution is 1.09. The van der Waals surface area contributed by atoms with Gasteiger partial charge in [0.15, 0.2) is 0 Å². The predicted molar refractivity (Wildman–Crippen MR) is 74.6 cm³/mol. The van der Waals surface area contributed by atoms with Gasteiger partial charge in [-0.05, 0) is 34.3 Å². The summed E-state index contributed by atoms with van der Waals surface area (Å²) in [6.45, 7) is 1.87. The van der Waals surface area contributed by atoms with Crippen LogP contribution in [0.5, 0.6) is 0 Å². The van der Waals surface area contributed by atoms with E-state index in [1.807, 2.05) is 24.4 Å². The van der Waals surface area contributed by atoms with Gasteiger partial charge in [0.25, 0.3) is 0 Å². The van der Waals surface area contributed by atoms with Gasteiger partial charge in [-0.1, -0.05) is 17.7 Å². The second-order valence-electron chi connectivity index (χ2n) is 3.57. The summed E-state index contributed by atoms with van der Waals surface area (Å²) in [7, 11) is 0. The SMILES string of the molecule is Cc1nc(-c2cccs2)c2c(Br)c(Cl)[nH]c2n1. The van der Waals surface area contributed by atoms with Crippen molar-refractivity contribution in [3.05, 3.63) is 33.0 Å². The molecular weight excluding hydrogens is 322 g/mol. The van der Waals surface area contributed by atoms with E-state index in [4.69, 9.17) is 11.6 Å². The summed E-state index contributed by atoms with van der Waals surface area (Å²) in [6, 6.07) is 4.05. The third kappa shape index (κ3) is 1.78. The van der Waals surface area contributed by atoms with Crippen LogP contribution in [0.25, 0.3) is 21.6 Å². The number of aromatic amines is 1. The number of thiophene rings is 1. The van der Waals surface area contributed by atoms with Crippen molar-refractivity contribution < 1.29 is 0 Å². The molecule has 17 heavy (non-hydrogen) atoms. The van der Waals surface area contributed by atoms with Gasteiger partial charge in [-0.15, -0.1) is 11.3 Å². The van der Waals surface area contributed by atoms with Crippen LogP contribution < -0.4 is 0 Å². The number of rotatable bonds is 1. The summed E-state index contributed by atoms with van der Waals surface area (Å²) < 4.78 is 0.817. The average molecular weight is 329 g/mol. The number of aryl methyl sites for hydroxylation is 1. The van der Waals surface area contributed by atoms with E-state index in [1.165, 1.54) is 0 Å². The number of fused-ring (bicyclic) bond motifs is 1. The molecule has 0 bridgehead atoms. The van der Waals surface area contributed by atoms with Gasteiger partial charge in [-0.2, -0.15) is 0 Å². The highest BCUT2D eigenvalue weighted by molar-refractivity contribution is 9.10. The molecule has 0 aromatic carbocycles. The van der Waals surface area contributed by atoms with Crippen molar-refractivity contribution in [1.82, 2.24) is 15.0 Å². The number of H-pyrrole nitrogens is 1. The fourth-order valence-corrected chi connectivity index (χ4v) is 3.11. The van der Waals surface area contributed by atoms with Crippen LogP contribution in [0.3, 0.4) is 0 Å². The quantitative estimate of drug-likeness (QED) is 0.719. The monoisotopic (exact) mass is 327 g/mol. The Hall–Kier alpha value is -0.910. The molecule has 0 fully saturated rings. The fraction of sp³-hybridized carbons (Fsp3) is 0.0909. The van der Waals surface area contributed by atoms with E-state index in [0.717, 1.165) is 31.9 Å². The van der Waals surface area contributed by atoms with Gasteiger partial charge < -0.3 is 4.98 Å². The number of hydrogen-bond donors (Lipinski definition) is 1. The zero-order valence-corrected chi connectivity index (χ0v) is 11.9. The summed E-state index contributed by atoms with van der Waals surface area (Å²) in [4.78, 5) is 13.0. The van der Waals surface area contributed by atoms with Gasteiger partial charge in [-0.3, -0.25) is 0 Å². The van der Waals surface area contributed by atoms with Crippen LogP contribution in [-0.2, 0) is 0 Å². The van der Waals surface area contributed by atoms with Crippen molar-refractivity contribution in [2.75, 3.05) is 0 Å². The molecule has 3 rings (SSSR count). The van der Waals surface area contributed by atoms with E-state index >= 15 is 0 Å². The number of nitrogens with one attached hydrogen (secondary N) is 1. The van der Waals surface area contributed by atoms with Gasteiger partial charge in [-0.25, -0.2) is 9.97 Å². The highest BCUT2D eigenvalue weighted by Crippen LogP contribution is 2.37. The lowest BCUT2D eigenvalue weighted by atomic mass is 10.2. The van der Waals surface area contributed by atoms with Gasteiger partial charge in [0.2, 0.25) is 0 Å². The second-order valence-corrected chi connectivity index (χ2v) is 5.69. The van der Waals surface area contributed by atoms with E-state index in [2.05, 4.69) is 30.9 Å². The summed E-state index contributed by atoms with van der Waals surface area (Å²) in [5.41, 5.74) is 1.68. The third-order valence-electron chi connectivity index (χ3n) is 2.42. The van der Waals surface area contributed by atoms with Crippen LogP contribution in [-0.4, -0.2) is 15.0 Å². The van der Waals surface area contributed by atoms with Crippen LogP contribution >= 0.6 is 38.9 Å². The summed E-state index contributed by atoms with van der Waals surface area (Å²) in [5, 5.41) is 3.52. The molecule has 1 N–H and O–H groups in total. The van der Waals surface area contributed by atoms with E-state index in [0.29, 0.717) is 5.15 Å². The molecule has 0 saturated heterocycles. The molecule has 0 atom stereocenters. The number of halogens is 2. The Labute approximate surface area is 115 Å². The fourth-order valence-electron chi connectivity index (χ4n) is 1.73. The van der Waals surface area contributed by atoms with E-state index < -0.39 is 0 Å². The lowest BCUT2D eigenvalue weighted by Crippen LogP contribution is -1.91. The number of nitrogens with zero attached hydrogens (tertiary/aromatic N) is 2. The predicted octanol–water partition coefficient (Wildman–Crippen LogP) is 4.41. The Morgan fingerprint density at radius 2 is 2.24 bits per heavy atom. The molecular formula is C11H7BrClN3S. The maximum absolute atomic E-state index is 6.07. The Kier molecular flexibility index (Phi) is 2.69. The zero-order valence-electron chi connectivity index (χ0n) is 8.79. The molecule has 6 heteroatoms. The van der Waals surface area contributed by atoms with Crippen LogP contribution in [0.2, 0.25) is 5.15 Å². The summed E-state index contributed by atoms with van der Waals surface area (Å²) in [6.07, 6.45) is 0. The molecule has 86 valence electrons. The largest absolute Gasteiger partial charge is 0.329 e. The summed E-state index contributed by atoms with van der Waals surface area (Å²) in [5.74, 6) is 0.728. The maximum Gasteiger partial charge on any atom is 0.144 e. The molecule has 3 aromatic heterocycles. The second kappa shape index (κ2) is 4.08. The topological polar surface area (TPSA) is 41.6 Å². The third-order valence-corrected chi connectivity index (χ3v) is 4.60. The Bertz CT molecular complexity index is 690. The van der Waals surface area contributed by atoms with Crippen molar-refractivity contribution in [2.45, 2.75) is 6.92 Å². The summed E-state index contributed by atoms with van der Waals surface area (Å²) >= 11 is 11.2. The minimum Gasteiger partial charge on any atom is -0.329 e. The first-order valence-corrected chi connectivity index (χ1v) is 6.97. The standard InChI is InChI=1S/C11H7BrClN3S/c1-5-14-9(6-3-2-4-17-6)7-8(12)10(13)16-11(7)15-5/h2-4H,1H3,(H,14,15,16). The molecule has 0 radical (unpaired) electrons. The van der Waals surface area contributed by atoms with Crippen LogP contribution in [0.4, 0.5) is 0 Å². The van der Waals surface area contributed by atoms with Gasteiger partial charge in [0.1, 0.15) is 16.6 Å². The highest BCUT2D eigenvalue weighted by atomic mass is 79.9. The average Bonchev–Trinajstić information content (AvgIpc) is 2.88. The van der Waals surface area contributed by atoms with Crippen molar-refractivity contribution in [3.63, 3.8) is 0 Å². The minimum absolute atomic E-state index is 0.553. The zero-order chi connectivity index (χ0) is 12.0. The van der Waals surface area contributed by atoms with Gasteiger partial charge in [0.05, 0.1) is 20.4 Å². The highest BCUT2D eigenvalue weighted by Gasteiger charge is 2.16. The van der Waals surface area contributed by atoms with E-state index in [-0.39, 0.29) is 0 Å². The molecule has 3 nitrogen and oxygen atoms in total. The number of hydrogen-bond acceptors (Lipinski definition) is 3. The van der Waals surface area contributed by atoms with Crippen molar-refractivity contribution in [2.24, 2.45) is 0 Å². The van der Waals surface area contributed by atoms with E-state index in [9.17, 15) is 0 Å². The Morgan fingerprint density at radius 3 is 2.94 bits per heavy atom. The van der Waals surface area contributed by atoms with Crippen molar-refractivity contribution in [1.29, 1.82) is 0 Å². The molecule has 0 saturated carbocycles. The minimum atomic E-state index is 0.553. The first-order chi connectivity index (χ1) is 8.16. The molecule has 3 aromatic rings.